The zero-order valence-corrected chi connectivity index (χ0v) is 15.4. The van der Waals surface area contributed by atoms with Crippen molar-refractivity contribution in [2.24, 2.45) is 0 Å². The molecule has 0 amide bonds. The molecule has 6 heteroatoms. The molecule has 1 heterocycles. The Kier molecular flexibility index (Phi) is 4.97. The van der Waals surface area contributed by atoms with E-state index >= 15 is 0 Å². The first-order chi connectivity index (χ1) is 11.4. The maximum Gasteiger partial charge on any atom is 0.243 e. The molecule has 3 rings (SSSR count). The predicted molar refractivity (Wildman–Crippen MR) is 96.8 cm³/mol. The van der Waals surface area contributed by atoms with Gasteiger partial charge in [0.2, 0.25) is 10.0 Å². The summed E-state index contributed by atoms with van der Waals surface area (Å²) in [4.78, 5) is 2.46. The van der Waals surface area contributed by atoms with Crippen molar-refractivity contribution in [2.45, 2.75) is 17.9 Å². The van der Waals surface area contributed by atoms with Gasteiger partial charge in [0.05, 0.1) is 4.90 Å². The number of likely N-dealkylation sites (N-methyl/N-ethyl adjacent to an activating group) is 1. The van der Waals surface area contributed by atoms with Crippen LogP contribution in [0.25, 0.3) is 0 Å². The number of hydrogen-bond acceptors (Lipinski definition) is 3. The normalized spacial score (nSPS) is 20.2. The van der Waals surface area contributed by atoms with Gasteiger partial charge in [0, 0.05) is 30.7 Å². The van der Waals surface area contributed by atoms with Crippen LogP contribution in [0.2, 0.25) is 5.02 Å². The second-order valence-electron chi connectivity index (χ2n) is 6.18. The minimum absolute atomic E-state index is 0.0515. The monoisotopic (exact) mass is 364 g/mol. The van der Waals surface area contributed by atoms with Crippen molar-refractivity contribution in [1.82, 2.24) is 9.21 Å². The van der Waals surface area contributed by atoms with Crippen LogP contribution >= 0.6 is 11.6 Å². The molecule has 1 saturated heterocycles. The summed E-state index contributed by atoms with van der Waals surface area (Å²) >= 11 is 6.12. The highest BCUT2D eigenvalue weighted by Crippen LogP contribution is 2.29. The Morgan fingerprint density at radius 3 is 2.46 bits per heavy atom. The Balaban J connectivity index is 1.89. The lowest BCUT2D eigenvalue weighted by atomic mass is 10.0. The van der Waals surface area contributed by atoms with Gasteiger partial charge in [0.1, 0.15) is 0 Å². The molecule has 2 aromatic rings. The van der Waals surface area contributed by atoms with Crippen molar-refractivity contribution in [3.63, 3.8) is 0 Å². The summed E-state index contributed by atoms with van der Waals surface area (Å²) in [7, 11) is -1.51. The highest BCUT2D eigenvalue weighted by molar-refractivity contribution is 7.89. The Morgan fingerprint density at radius 1 is 1.08 bits per heavy atom. The van der Waals surface area contributed by atoms with E-state index in [0.29, 0.717) is 24.7 Å². The molecule has 2 aromatic carbocycles. The van der Waals surface area contributed by atoms with Gasteiger partial charge in [-0.05, 0) is 37.2 Å². The van der Waals surface area contributed by atoms with E-state index in [4.69, 9.17) is 11.6 Å². The van der Waals surface area contributed by atoms with Crippen LogP contribution in [0.4, 0.5) is 0 Å². The average molecular weight is 365 g/mol. The van der Waals surface area contributed by atoms with Gasteiger partial charge < -0.3 is 0 Å². The molecule has 24 heavy (non-hydrogen) atoms. The zero-order valence-electron chi connectivity index (χ0n) is 13.8. The summed E-state index contributed by atoms with van der Waals surface area (Å²) in [5, 5.41) is 0.477. The van der Waals surface area contributed by atoms with E-state index in [9.17, 15) is 8.42 Å². The molecule has 1 unspecified atom stereocenters. The van der Waals surface area contributed by atoms with Gasteiger partial charge in [-0.15, -0.1) is 0 Å². The van der Waals surface area contributed by atoms with Crippen molar-refractivity contribution >= 4 is 21.6 Å². The summed E-state index contributed by atoms with van der Waals surface area (Å²) in [6, 6.07) is 15.0. The first-order valence-electron chi connectivity index (χ1n) is 7.91. The number of benzene rings is 2. The van der Waals surface area contributed by atoms with Crippen LogP contribution in [-0.4, -0.2) is 44.3 Å². The van der Waals surface area contributed by atoms with Gasteiger partial charge in [-0.3, -0.25) is 4.90 Å². The first-order valence-corrected chi connectivity index (χ1v) is 9.73. The lowest BCUT2D eigenvalue weighted by Crippen LogP contribution is -2.48. The summed E-state index contributed by atoms with van der Waals surface area (Å²) < 4.78 is 27.5. The molecule has 128 valence electrons. The highest BCUT2D eigenvalue weighted by Gasteiger charge is 2.33. The lowest BCUT2D eigenvalue weighted by molar-refractivity contribution is 0.148. The molecule has 0 aliphatic carbocycles. The number of hydrogen-bond donors (Lipinski definition) is 0. The highest BCUT2D eigenvalue weighted by atomic mass is 35.5. The summed E-state index contributed by atoms with van der Waals surface area (Å²) in [6.45, 7) is 3.47. The number of aryl methyl sites for hydroxylation is 1. The minimum atomic E-state index is -3.54. The standard InChI is InChI=1S/C18H21ClN2O2S/c1-14-8-9-16(12-17(14)19)24(22,23)21-11-10-20(2)18(13-21)15-6-4-3-5-7-15/h3-9,12,18H,10-11,13H2,1-2H3. The lowest BCUT2D eigenvalue weighted by Gasteiger charge is -2.39. The van der Waals surface area contributed by atoms with Gasteiger partial charge in [-0.25, -0.2) is 8.42 Å². The van der Waals surface area contributed by atoms with Gasteiger partial charge in [0.25, 0.3) is 0 Å². The molecule has 4 nitrogen and oxygen atoms in total. The van der Waals surface area contributed by atoms with Crippen LogP contribution in [0, 0.1) is 6.92 Å². The van der Waals surface area contributed by atoms with Crippen molar-refractivity contribution < 1.29 is 8.42 Å². The number of piperazine rings is 1. The van der Waals surface area contributed by atoms with Crippen LogP contribution in [0.5, 0.6) is 0 Å². The second-order valence-corrected chi connectivity index (χ2v) is 8.53. The minimum Gasteiger partial charge on any atom is -0.297 e. The fourth-order valence-electron chi connectivity index (χ4n) is 2.99. The summed E-state index contributed by atoms with van der Waals surface area (Å²) in [6.07, 6.45) is 0. The molecule has 1 fully saturated rings. The maximum atomic E-state index is 13.0. The van der Waals surface area contributed by atoms with Crippen LogP contribution in [-0.2, 0) is 10.0 Å². The summed E-state index contributed by atoms with van der Waals surface area (Å²) in [5.41, 5.74) is 2.00. The topological polar surface area (TPSA) is 40.6 Å². The number of sulfonamides is 1. The average Bonchev–Trinajstić information content (AvgIpc) is 2.58. The molecule has 0 N–H and O–H groups in total. The third-order valence-corrected chi connectivity index (χ3v) is 6.84. The predicted octanol–water partition coefficient (Wildman–Crippen LogP) is 3.33. The zero-order chi connectivity index (χ0) is 17.3. The van der Waals surface area contributed by atoms with Crippen molar-refractivity contribution in [3.05, 3.63) is 64.7 Å². The fourth-order valence-corrected chi connectivity index (χ4v) is 4.69. The number of halogens is 1. The molecule has 0 saturated carbocycles. The number of nitrogens with zero attached hydrogens (tertiary/aromatic N) is 2. The van der Waals surface area contributed by atoms with Crippen LogP contribution < -0.4 is 0 Å². The van der Waals surface area contributed by atoms with Crippen LogP contribution in [0.3, 0.4) is 0 Å². The molecular formula is C18H21ClN2O2S. The van der Waals surface area contributed by atoms with Gasteiger partial charge in [-0.1, -0.05) is 48.0 Å². The summed E-state index contributed by atoms with van der Waals surface area (Å²) in [5.74, 6) is 0. The molecular weight excluding hydrogens is 344 g/mol. The first kappa shape index (κ1) is 17.4. The van der Waals surface area contributed by atoms with Gasteiger partial charge in [0.15, 0.2) is 0 Å². The smallest absolute Gasteiger partial charge is 0.243 e. The van der Waals surface area contributed by atoms with Crippen molar-refractivity contribution in [3.8, 4) is 0 Å². The van der Waals surface area contributed by atoms with E-state index in [0.717, 1.165) is 11.1 Å². The largest absolute Gasteiger partial charge is 0.297 e. The van der Waals surface area contributed by atoms with Crippen molar-refractivity contribution in [2.75, 3.05) is 26.7 Å². The molecule has 1 atom stereocenters. The van der Waals surface area contributed by atoms with Crippen molar-refractivity contribution in [1.29, 1.82) is 0 Å². The van der Waals surface area contributed by atoms with Gasteiger partial charge in [-0.2, -0.15) is 4.31 Å². The Morgan fingerprint density at radius 2 is 1.79 bits per heavy atom. The van der Waals surface area contributed by atoms with E-state index in [2.05, 4.69) is 4.90 Å². The Bertz CT molecular complexity index is 824. The van der Waals surface area contributed by atoms with Crippen LogP contribution in [0.15, 0.2) is 53.4 Å². The van der Waals surface area contributed by atoms with E-state index in [1.165, 1.54) is 0 Å². The third-order valence-electron chi connectivity index (χ3n) is 4.58. The molecule has 1 aliphatic heterocycles. The third kappa shape index (κ3) is 3.35. The molecule has 0 aromatic heterocycles. The molecule has 0 radical (unpaired) electrons. The Labute approximate surface area is 148 Å². The Hall–Kier alpha value is -1.40. The number of rotatable bonds is 3. The SMILES string of the molecule is Cc1ccc(S(=O)(=O)N2CCN(C)C(c3ccccc3)C2)cc1Cl. The fraction of sp³-hybridized carbons (Fsp3) is 0.333. The maximum absolute atomic E-state index is 13.0. The van der Waals surface area contributed by atoms with E-state index in [-0.39, 0.29) is 10.9 Å². The molecule has 0 spiro atoms. The molecule has 1 aliphatic rings. The van der Waals surface area contributed by atoms with E-state index in [1.807, 2.05) is 44.3 Å². The van der Waals surface area contributed by atoms with E-state index in [1.54, 1.807) is 22.5 Å². The van der Waals surface area contributed by atoms with E-state index < -0.39 is 10.0 Å². The second kappa shape index (κ2) is 6.84. The van der Waals surface area contributed by atoms with Crippen LogP contribution in [0.1, 0.15) is 17.2 Å². The quantitative estimate of drug-likeness (QED) is 0.838. The van der Waals surface area contributed by atoms with Gasteiger partial charge >= 0.3 is 0 Å². The molecule has 0 bridgehead atoms.